The molecule has 0 fully saturated rings. The van der Waals surface area contributed by atoms with Crippen molar-refractivity contribution in [2.75, 3.05) is 0 Å². The van der Waals surface area contributed by atoms with Crippen molar-refractivity contribution < 1.29 is 16.0 Å². The molecule has 0 heterocycles. The second kappa shape index (κ2) is 3.69. The fraction of sp³-hybridized carbons (Fsp3) is 0.333. The van der Waals surface area contributed by atoms with Gasteiger partial charge in [0, 0.05) is 0 Å². The zero-order valence-corrected chi connectivity index (χ0v) is 8.89. The predicted molar refractivity (Wildman–Crippen MR) is 51.9 cm³/mol. The molecule has 0 amide bonds. The summed E-state index contributed by atoms with van der Waals surface area (Å²) in [5.41, 5.74) is 4.38. The van der Waals surface area contributed by atoms with Crippen LogP contribution in [0, 0.1) is 0 Å². The maximum absolute atomic E-state index is 4.12. The fourth-order valence-electron chi connectivity index (χ4n) is 1.92. The second-order valence-electron chi connectivity index (χ2n) is 3.38. The summed E-state index contributed by atoms with van der Waals surface area (Å²) in [5.74, 6) is 0. The molecule has 0 aliphatic heterocycles. The molecule has 0 aromatic rings. The average molecular weight is 213 g/mol. The van der Waals surface area contributed by atoms with Gasteiger partial charge in [-0.05, 0) is 0 Å². The SMILES string of the molecule is CCC1=CC[C]([Fe])=C1C1=CC=CC1. The second-order valence-corrected chi connectivity index (χ2v) is 4.04. The Hall–Kier alpha value is -0.521. The van der Waals surface area contributed by atoms with Gasteiger partial charge in [-0.15, -0.1) is 0 Å². The van der Waals surface area contributed by atoms with Crippen LogP contribution in [0.25, 0.3) is 0 Å². The third kappa shape index (κ3) is 1.59. The van der Waals surface area contributed by atoms with E-state index in [9.17, 15) is 0 Å². The number of hydrogen-bond donors (Lipinski definition) is 0. The third-order valence-corrected chi connectivity index (χ3v) is 3.08. The van der Waals surface area contributed by atoms with Crippen LogP contribution >= 0.6 is 0 Å². The number of hydrogen-bond acceptors (Lipinski definition) is 0. The van der Waals surface area contributed by atoms with Gasteiger partial charge in [0.2, 0.25) is 0 Å². The zero-order chi connectivity index (χ0) is 9.26. The van der Waals surface area contributed by atoms with Gasteiger partial charge < -0.3 is 0 Å². The summed E-state index contributed by atoms with van der Waals surface area (Å²) in [6.45, 7) is 2.22. The van der Waals surface area contributed by atoms with Gasteiger partial charge in [-0.2, -0.15) is 0 Å². The Morgan fingerprint density at radius 2 is 2.23 bits per heavy atom. The van der Waals surface area contributed by atoms with E-state index in [0.717, 1.165) is 19.3 Å². The van der Waals surface area contributed by atoms with Gasteiger partial charge >= 0.3 is 87.7 Å². The van der Waals surface area contributed by atoms with Crippen molar-refractivity contribution in [3.05, 3.63) is 45.5 Å². The van der Waals surface area contributed by atoms with E-state index >= 15 is 0 Å². The summed E-state index contributed by atoms with van der Waals surface area (Å²) in [5, 5.41) is 0. The monoisotopic (exact) mass is 213 g/mol. The van der Waals surface area contributed by atoms with Crippen molar-refractivity contribution in [3.8, 4) is 0 Å². The molecule has 0 spiro atoms. The van der Waals surface area contributed by atoms with Crippen LogP contribution in [0.4, 0.5) is 0 Å². The van der Waals surface area contributed by atoms with Crippen molar-refractivity contribution in [3.63, 3.8) is 0 Å². The topological polar surface area (TPSA) is 0 Å². The first-order valence-electron chi connectivity index (χ1n) is 4.76. The van der Waals surface area contributed by atoms with Crippen LogP contribution in [0.15, 0.2) is 45.5 Å². The number of rotatable bonds is 2. The summed E-state index contributed by atoms with van der Waals surface area (Å²) in [6, 6.07) is 0. The molecule has 0 aromatic heterocycles. The Labute approximate surface area is 87.9 Å². The molecule has 2 aliphatic carbocycles. The minimum atomic E-state index is 1.05. The molecule has 0 atom stereocenters. The van der Waals surface area contributed by atoms with Crippen molar-refractivity contribution in [1.29, 1.82) is 0 Å². The first-order chi connectivity index (χ1) is 6.33. The Morgan fingerprint density at radius 3 is 2.85 bits per heavy atom. The maximum atomic E-state index is 4.12. The van der Waals surface area contributed by atoms with Crippen LogP contribution in [0.3, 0.4) is 0 Å². The van der Waals surface area contributed by atoms with E-state index in [2.05, 4.69) is 47.2 Å². The molecular weight excluding hydrogens is 200 g/mol. The average Bonchev–Trinajstić information content (AvgIpc) is 2.72. The molecule has 69 valence electrons. The standard InChI is InChI=1S/C12H13.Fe/c1-2-10-8-5-9-12(10)11-6-3-4-7-11;/h3-4,6,8H,2,5,7H2,1H3;. The molecule has 2 rings (SSSR count). The zero-order valence-electron chi connectivity index (χ0n) is 7.78. The molecule has 0 nitrogen and oxygen atoms in total. The van der Waals surface area contributed by atoms with Crippen molar-refractivity contribution >= 4 is 0 Å². The molecule has 0 bridgehead atoms. The van der Waals surface area contributed by atoms with E-state index in [1.807, 2.05) is 0 Å². The van der Waals surface area contributed by atoms with Crippen LogP contribution in [-0.2, 0) is 16.0 Å². The van der Waals surface area contributed by atoms with Gasteiger partial charge in [0.15, 0.2) is 0 Å². The van der Waals surface area contributed by atoms with Gasteiger partial charge in [0.1, 0.15) is 0 Å². The molecule has 0 N–H and O–H groups in total. The quantitative estimate of drug-likeness (QED) is 0.616. The van der Waals surface area contributed by atoms with Gasteiger partial charge in [-0.25, -0.2) is 0 Å². The summed E-state index contributed by atoms with van der Waals surface area (Å²) in [6.07, 6.45) is 12.2. The van der Waals surface area contributed by atoms with Crippen molar-refractivity contribution in [1.82, 2.24) is 0 Å². The molecular formula is C12H13Fe. The summed E-state index contributed by atoms with van der Waals surface area (Å²) in [4.78, 5) is 0. The molecule has 0 saturated carbocycles. The molecule has 0 aromatic carbocycles. The van der Waals surface area contributed by atoms with E-state index in [1.165, 1.54) is 21.2 Å². The Bertz CT molecular complexity index is 340. The summed E-state index contributed by atoms with van der Waals surface area (Å²) >= 11 is 4.12. The van der Waals surface area contributed by atoms with Crippen molar-refractivity contribution in [2.45, 2.75) is 26.2 Å². The first-order valence-corrected chi connectivity index (χ1v) is 5.31. The Morgan fingerprint density at radius 1 is 1.38 bits per heavy atom. The van der Waals surface area contributed by atoms with E-state index in [0.29, 0.717) is 0 Å². The Kier molecular flexibility index (Phi) is 2.57. The van der Waals surface area contributed by atoms with Crippen LogP contribution in [0.1, 0.15) is 26.2 Å². The minimum absolute atomic E-state index is 1.05. The fourth-order valence-corrected chi connectivity index (χ4v) is 2.38. The van der Waals surface area contributed by atoms with E-state index < -0.39 is 0 Å². The molecule has 1 heteroatoms. The van der Waals surface area contributed by atoms with Crippen LogP contribution < -0.4 is 0 Å². The van der Waals surface area contributed by atoms with E-state index in [1.54, 1.807) is 0 Å². The third-order valence-electron chi connectivity index (χ3n) is 2.58. The first kappa shape index (κ1) is 9.05. The van der Waals surface area contributed by atoms with Gasteiger partial charge in [0.05, 0.1) is 0 Å². The van der Waals surface area contributed by atoms with E-state index in [-0.39, 0.29) is 0 Å². The van der Waals surface area contributed by atoms with E-state index in [4.69, 9.17) is 0 Å². The van der Waals surface area contributed by atoms with Gasteiger partial charge in [0.25, 0.3) is 0 Å². The molecule has 2 aliphatic rings. The molecule has 13 heavy (non-hydrogen) atoms. The van der Waals surface area contributed by atoms with Crippen LogP contribution in [0.5, 0.6) is 0 Å². The predicted octanol–water partition coefficient (Wildman–Crippen LogP) is 3.41. The summed E-state index contributed by atoms with van der Waals surface area (Å²) in [7, 11) is 0. The van der Waals surface area contributed by atoms with Crippen LogP contribution in [-0.4, -0.2) is 0 Å². The van der Waals surface area contributed by atoms with Crippen molar-refractivity contribution in [2.24, 2.45) is 0 Å². The van der Waals surface area contributed by atoms with Gasteiger partial charge in [-0.3, -0.25) is 0 Å². The van der Waals surface area contributed by atoms with Gasteiger partial charge in [-0.1, -0.05) is 0 Å². The Balaban J connectivity index is 2.31. The molecule has 0 saturated heterocycles. The molecule has 0 radical (unpaired) electrons. The number of allylic oxidation sites excluding steroid dienone is 8. The summed E-state index contributed by atoms with van der Waals surface area (Å²) < 4.78 is 1.30. The molecule has 0 unspecified atom stereocenters. The normalized spacial score (nSPS) is 21.1. The van der Waals surface area contributed by atoms with Crippen LogP contribution in [0.2, 0.25) is 0 Å².